The molecule has 0 unspecified atom stereocenters. The van der Waals surface area contributed by atoms with E-state index in [0.29, 0.717) is 5.56 Å². The molecular weight excluding hydrogens is 392 g/mol. The predicted octanol–water partition coefficient (Wildman–Crippen LogP) is 2.48. The van der Waals surface area contributed by atoms with Crippen molar-refractivity contribution >= 4 is 27.9 Å². The van der Waals surface area contributed by atoms with Gasteiger partial charge in [0.1, 0.15) is 6.04 Å². The molecule has 29 heavy (non-hydrogen) atoms. The fourth-order valence-electron chi connectivity index (χ4n) is 2.71. The first-order valence-corrected chi connectivity index (χ1v) is 10.5. The van der Waals surface area contributed by atoms with E-state index in [0.717, 1.165) is 9.87 Å². The van der Waals surface area contributed by atoms with Gasteiger partial charge in [-0.3, -0.25) is 9.59 Å². The molecule has 0 aliphatic heterocycles. The minimum Gasteiger partial charge on any atom is -0.465 e. The summed E-state index contributed by atoms with van der Waals surface area (Å²) in [6.45, 7) is 3.22. The number of ketones is 1. The van der Waals surface area contributed by atoms with Crippen molar-refractivity contribution in [2.45, 2.75) is 31.3 Å². The maximum Gasteiger partial charge on any atom is 0.324 e. The lowest BCUT2D eigenvalue weighted by molar-refractivity contribution is -0.147. The van der Waals surface area contributed by atoms with Crippen LogP contribution >= 0.6 is 0 Å². The van der Waals surface area contributed by atoms with Crippen LogP contribution in [0.25, 0.3) is 6.08 Å². The molecule has 0 aliphatic carbocycles. The molecule has 0 fully saturated rings. The maximum atomic E-state index is 13.0. The smallest absolute Gasteiger partial charge is 0.324 e. The van der Waals surface area contributed by atoms with Crippen LogP contribution in [0, 0.1) is 0 Å². The summed E-state index contributed by atoms with van der Waals surface area (Å²) >= 11 is 0. The van der Waals surface area contributed by atoms with Crippen LogP contribution in [0.4, 0.5) is 0 Å². The Balaban J connectivity index is 2.43. The van der Waals surface area contributed by atoms with Crippen LogP contribution < -0.4 is 0 Å². The molecular formula is C21H24N2O5S. The molecule has 1 atom stereocenters. The Hall–Kier alpha value is -2.84. The highest BCUT2D eigenvalue weighted by Gasteiger charge is 2.35. The van der Waals surface area contributed by atoms with E-state index < -0.39 is 22.0 Å². The monoisotopic (exact) mass is 416 g/mol. The minimum atomic E-state index is -4.01. The molecule has 0 bridgehead atoms. The van der Waals surface area contributed by atoms with Gasteiger partial charge >= 0.3 is 5.97 Å². The van der Waals surface area contributed by atoms with Crippen molar-refractivity contribution < 1.29 is 22.7 Å². The standard InChI is InChI=1S/C21H24N2O5S/c1-4-28-21(25)19(23(3)29(26,27)20-11-7-8-14-22-20)15-18-10-6-5-9-17(18)13-12-16(2)24/h5-14,19H,4,15H2,1-3H3/b13-12+/t19-/m0/s1. The minimum absolute atomic E-state index is 0.0831. The van der Waals surface area contributed by atoms with Gasteiger partial charge in [-0.05, 0) is 43.2 Å². The topological polar surface area (TPSA) is 93.6 Å². The van der Waals surface area contributed by atoms with E-state index in [9.17, 15) is 18.0 Å². The number of aromatic nitrogens is 1. The van der Waals surface area contributed by atoms with Crippen molar-refractivity contribution in [3.05, 3.63) is 65.9 Å². The molecule has 2 aromatic rings. The second-order valence-electron chi connectivity index (χ2n) is 6.30. The highest BCUT2D eigenvalue weighted by Crippen LogP contribution is 2.21. The summed E-state index contributed by atoms with van der Waals surface area (Å²) in [5, 5.41) is -0.151. The molecule has 154 valence electrons. The van der Waals surface area contributed by atoms with Crippen LogP contribution in [0.2, 0.25) is 0 Å². The Labute approximate surface area is 171 Å². The van der Waals surface area contributed by atoms with Gasteiger partial charge in [0.2, 0.25) is 0 Å². The molecule has 0 amide bonds. The summed E-state index contributed by atoms with van der Waals surface area (Å²) in [7, 11) is -2.68. The average Bonchev–Trinajstić information content (AvgIpc) is 2.71. The number of hydrogen-bond donors (Lipinski definition) is 0. The van der Waals surface area contributed by atoms with Crippen LogP contribution in [0.1, 0.15) is 25.0 Å². The van der Waals surface area contributed by atoms with Crippen molar-refractivity contribution in [3.8, 4) is 0 Å². The Kier molecular flexibility index (Phi) is 7.81. The number of rotatable bonds is 9. The molecule has 1 aromatic heterocycles. The third-order valence-electron chi connectivity index (χ3n) is 4.24. The van der Waals surface area contributed by atoms with E-state index >= 15 is 0 Å². The van der Waals surface area contributed by atoms with E-state index in [-0.39, 0.29) is 23.8 Å². The Bertz CT molecular complexity index is 987. The predicted molar refractivity (Wildman–Crippen MR) is 109 cm³/mol. The second kappa shape index (κ2) is 10.1. The highest BCUT2D eigenvalue weighted by molar-refractivity contribution is 7.89. The number of benzene rings is 1. The summed E-state index contributed by atoms with van der Waals surface area (Å²) in [5.41, 5.74) is 1.44. The third-order valence-corrected chi connectivity index (χ3v) is 6.03. The van der Waals surface area contributed by atoms with Crippen LogP contribution in [-0.2, 0) is 30.8 Å². The van der Waals surface area contributed by atoms with Crippen LogP contribution in [0.3, 0.4) is 0 Å². The van der Waals surface area contributed by atoms with Crippen molar-refractivity contribution in [1.82, 2.24) is 9.29 Å². The Morgan fingerprint density at radius 1 is 1.17 bits per heavy atom. The van der Waals surface area contributed by atoms with Crippen molar-refractivity contribution in [2.75, 3.05) is 13.7 Å². The van der Waals surface area contributed by atoms with Gasteiger partial charge < -0.3 is 4.74 Å². The summed E-state index contributed by atoms with van der Waals surface area (Å²) < 4.78 is 32.1. The SMILES string of the molecule is CCOC(=O)[C@H](Cc1ccccc1/C=C/C(C)=O)N(C)S(=O)(=O)c1ccccn1. The summed E-state index contributed by atoms with van der Waals surface area (Å²) in [4.78, 5) is 27.8. The first-order chi connectivity index (χ1) is 13.8. The zero-order valence-electron chi connectivity index (χ0n) is 16.6. The number of esters is 1. The zero-order valence-corrected chi connectivity index (χ0v) is 17.4. The van der Waals surface area contributed by atoms with E-state index in [1.807, 2.05) is 0 Å². The van der Waals surface area contributed by atoms with E-state index in [1.165, 1.54) is 32.3 Å². The van der Waals surface area contributed by atoms with Crippen molar-refractivity contribution in [1.29, 1.82) is 0 Å². The number of carbonyl (C=O) groups is 2. The fourth-order valence-corrected chi connectivity index (χ4v) is 3.95. The third kappa shape index (κ3) is 5.82. The van der Waals surface area contributed by atoms with Gasteiger partial charge in [0.05, 0.1) is 6.61 Å². The van der Waals surface area contributed by atoms with Gasteiger partial charge in [0.15, 0.2) is 10.8 Å². The summed E-state index contributed by atoms with van der Waals surface area (Å²) in [6.07, 6.45) is 4.53. The average molecular weight is 416 g/mol. The lowest BCUT2D eigenvalue weighted by atomic mass is 9.99. The van der Waals surface area contributed by atoms with E-state index in [4.69, 9.17) is 4.74 Å². The highest BCUT2D eigenvalue weighted by atomic mass is 32.2. The van der Waals surface area contributed by atoms with Crippen LogP contribution in [-0.4, -0.2) is 49.2 Å². The number of sulfonamides is 1. The van der Waals surface area contributed by atoms with Gasteiger partial charge in [-0.25, -0.2) is 13.4 Å². The van der Waals surface area contributed by atoms with Gasteiger partial charge in [-0.2, -0.15) is 4.31 Å². The number of nitrogens with zero attached hydrogens (tertiary/aromatic N) is 2. The molecule has 0 spiro atoms. The zero-order chi connectivity index (χ0) is 21.4. The number of ether oxygens (including phenoxy) is 1. The van der Waals surface area contributed by atoms with Crippen molar-refractivity contribution in [3.63, 3.8) is 0 Å². The fraction of sp³-hybridized carbons (Fsp3) is 0.286. The molecule has 1 aromatic carbocycles. The van der Waals surface area contributed by atoms with E-state index in [2.05, 4.69) is 4.98 Å². The van der Waals surface area contributed by atoms with Gasteiger partial charge in [-0.1, -0.05) is 36.4 Å². The van der Waals surface area contributed by atoms with Gasteiger partial charge in [-0.15, -0.1) is 0 Å². The quantitative estimate of drug-likeness (QED) is 0.460. The molecule has 0 aliphatic rings. The number of pyridine rings is 1. The lowest BCUT2D eigenvalue weighted by Gasteiger charge is -2.26. The van der Waals surface area contributed by atoms with Crippen LogP contribution in [0.5, 0.6) is 0 Å². The molecule has 7 nitrogen and oxygen atoms in total. The Morgan fingerprint density at radius 2 is 1.86 bits per heavy atom. The number of carbonyl (C=O) groups excluding carboxylic acids is 2. The van der Waals surface area contributed by atoms with Crippen molar-refractivity contribution in [2.24, 2.45) is 0 Å². The molecule has 2 rings (SSSR count). The summed E-state index contributed by atoms with van der Waals surface area (Å²) in [6, 6.07) is 10.6. The van der Waals surface area contributed by atoms with Crippen LogP contribution in [0.15, 0.2) is 59.8 Å². The molecule has 0 saturated heterocycles. The normalized spacial score (nSPS) is 12.8. The first kappa shape index (κ1) is 22.4. The van der Waals surface area contributed by atoms with E-state index in [1.54, 1.807) is 49.4 Å². The van der Waals surface area contributed by atoms with Gasteiger partial charge in [0, 0.05) is 19.7 Å². The molecule has 1 heterocycles. The Morgan fingerprint density at radius 3 is 2.48 bits per heavy atom. The largest absolute Gasteiger partial charge is 0.465 e. The summed E-state index contributed by atoms with van der Waals surface area (Å²) in [5.74, 6) is -0.767. The van der Waals surface area contributed by atoms with Gasteiger partial charge in [0.25, 0.3) is 10.0 Å². The number of allylic oxidation sites excluding steroid dienone is 1. The molecule has 0 N–H and O–H groups in total. The first-order valence-electron chi connectivity index (χ1n) is 9.09. The second-order valence-corrected chi connectivity index (χ2v) is 8.25. The molecule has 8 heteroatoms. The number of likely N-dealkylation sites (N-methyl/N-ethyl adjacent to an activating group) is 1. The maximum absolute atomic E-state index is 13.0. The lowest BCUT2D eigenvalue weighted by Crippen LogP contribution is -2.45. The molecule has 0 saturated carbocycles. The number of hydrogen-bond acceptors (Lipinski definition) is 6. The molecule has 0 radical (unpaired) electrons.